The molecule has 0 aromatic heterocycles. The molecule has 0 saturated heterocycles. The van der Waals surface area contributed by atoms with Crippen LogP contribution < -0.4 is 9.92 Å². The third-order valence-electron chi connectivity index (χ3n) is 1.95. The van der Waals surface area contributed by atoms with E-state index in [0.29, 0.717) is 0 Å². The molecular weight excluding hydrogens is 164 g/mol. The van der Waals surface area contributed by atoms with Crippen LogP contribution in [0.1, 0.15) is 11.1 Å². The molecule has 0 atom stereocenters. The molecule has 0 spiro atoms. The van der Waals surface area contributed by atoms with Gasteiger partial charge in [-0.05, 0) is 31.0 Å². The molecule has 0 unspecified atom stereocenters. The molecule has 0 aliphatic rings. The second-order valence-electron chi connectivity index (χ2n) is 2.65. The SMILES string of the molecule is C=COc1ccc([Si])c(C)c1C. The van der Waals surface area contributed by atoms with Crippen LogP contribution in [0.2, 0.25) is 0 Å². The van der Waals surface area contributed by atoms with Gasteiger partial charge in [0.1, 0.15) is 5.75 Å². The molecule has 1 nitrogen and oxygen atoms in total. The molecule has 0 bridgehead atoms. The second kappa shape index (κ2) is 3.58. The van der Waals surface area contributed by atoms with Crippen LogP contribution in [0.4, 0.5) is 0 Å². The molecule has 0 heterocycles. The summed E-state index contributed by atoms with van der Waals surface area (Å²) < 4.78 is 5.21. The summed E-state index contributed by atoms with van der Waals surface area (Å²) in [6.45, 7) is 7.59. The zero-order chi connectivity index (χ0) is 9.14. The van der Waals surface area contributed by atoms with Crippen LogP contribution in [0, 0.1) is 13.8 Å². The Balaban J connectivity index is 3.16. The lowest BCUT2D eigenvalue weighted by atomic mass is 10.1. The molecule has 2 heteroatoms. The zero-order valence-electron chi connectivity index (χ0n) is 7.35. The molecule has 0 aliphatic carbocycles. The van der Waals surface area contributed by atoms with Gasteiger partial charge in [-0.3, -0.25) is 0 Å². The van der Waals surface area contributed by atoms with Crippen molar-refractivity contribution in [2.45, 2.75) is 13.8 Å². The first-order valence-corrected chi connectivity index (χ1v) is 4.26. The fourth-order valence-corrected chi connectivity index (χ4v) is 1.28. The first-order valence-electron chi connectivity index (χ1n) is 3.76. The van der Waals surface area contributed by atoms with Crippen LogP contribution >= 0.6 is 0 Å². The van der Waals surface area contributed by atoms with Crippen molar-refractivity contribution in [3.8, 4) is 5.75 Å². The van der Waals surface area contributed by atoms with Gasteiger partial charge in [-0.25, -0.2) is 0 Å². The minimum absolute atomic E-state index is 0.865. The van der Waals surface area contributed by atoms with E-state index in [-0.39, 0.29) is 0 Å². The Morgan fingerprint density at radius 3 is 2.58 bits per heavy atom. The van der Waals surface area contributed by atoms with Crippen molar-refractivity contribution in [1.82, 2.24) is 0 Å². The lowest BCUT2D eigenvalue weighted by Gasteiger charge is -2.09. The van der Waals surface area contributed by atoms with Gasteiger partial charge in [0.2, 0.25) is 0 Å². The Labute approximate surface area is 76.5 Å². The van der Waals surface area contributed by atoms with Crippen LogP contribution in [0.3, 0.4) is 0 Å². The first-order chi connectivity index (χ1) is 5.66. The maximum atomic E-state index is 5.21. The van der Waals surface area contributed by atoms with Gasteiger partial charge in [0, 0.05) is 0 Å². The zero-order valence-corrected chi connectivity index (χ0v) is 8.35. The van der Waals surface area contributed by atoms with Gasteiger partial charge in [0.25, 0.3) is 0 Å². The van der Waals surface area contributed by atoms with Crippen LogP contribution in [-0.4, -0.2) is 10.2 Å². The highest BCUT2D eigenvalue weighted by atomic mass is 28.1. The summed E-state index contributed by atoms with van der Waals surface area (Å²) in [5.74, 6) is 0.865. The average molecular weight is 175 g/mol. The molecule has 3 radical (unpaired) electrons. The van der Waals surface area contributed by atoms with E-state index >= 15 is 0 Å². The molecule has 12 heavy (non-hydrogen) atoms. The maximum absolute atomic E-state index is 5.21. The number of hydrogen-bond acceptors (Lipinski definition) is 1. The summed E-state index contributed by atoms with van der Waals surface area (Å²) >= 11 is 0. The Bertz CT molecular complexity index is 305. The van der Waals surface area contributed by atoms with Crippen molar-refractivity contribution in [1.29, 1.82) is 0 Å². The third kappa shape index (κ3) is 1.59. The molecule has 0 amide bonds. The van der Waals surface area contributed by atoms with Crippen molar-refractivity contribution in [3.63, 3.8) is 0 Å². The van der Waals surface area contributed by atoms with Crippen LogP contribution in [0.5, 0.6) is 5.75 Å². The highest BCUT2D eigenvalue weighted by Gasteiger charge is 2.02. The smallest absolute Gasteiger partial charge is 0.129 e. The van der Waals surface area contributed by atoms with Crippen molar-refractivity contribution < 1.29 is 4.74 Å². The van der Waals surface area contributed by atoms with E-state index in [2.05, 4.69) is 16.8 Å². The van der Waals surface area contributed by atoms with E-state index in [1.54, 1.807) is 0 Å². The van der Waals surface area contributed by atoms with Crippen LogP contribution in [0.15, 0.2) is 25.0 Å². The van der Waals surface area contributed by atoms with E-state index < -0.39 is 0 Å². The number of benzene rings is 1. The summed E-state index contributed by atoms with van der Waals surface area (Å²) in [7, 11) is 3.50. The number of ether oxygens (including phenoxy) is 1. The topological polar surface area (TPSA) is 9.23 Å². The van der Waals surface area contributed by atoms with Gasteiger partial charge in [0.15, 0.2) is 0 Å². The fraction of sp³-hybridized carbons (Fsp3) is 0.200. The molecule has 1 aromatic rings. The predicted octanol–water partition coefficient (Wildman–Crippen LogP) is 1.62. The van der Waals surface area contributed by atoms with E-state index in [0.717, 1.165) is 16.5 Å². The summed E-state index contributed by atoms with van der Waals surface area (Å²) in [6.07, 6.45) is 1.44. The molecule has 0 aliphatic heterocycles. The Morgan fingerprint density at radius 1 is 1.33 bits per heavy atom. The molecular formula is C10H11OSi. The van der Waals surface area contributed by atoms with Crippen molar-refractivity contribution in [2.75, 3.05) is 0 Å². The highest BCUT2D eigenvalue weighted by molar-refractivity contribution is 6.33. The highest BCUT2D eigenvalue weighted by Crippen LogP contribution is 2.18. The fourth-order valence-electron chi connectivity index (χ4n) is 1.01. The molecule has 0 fully saturated rings. The standard InChI is InChI=1S/C10H11OSi/c1-4-11-9-5-6-10(12)8(3)7(9)2/h4-6H,1H2,2-3H3. The largest absolute Gasteiger partial charge is 0.465 e. The normalized spacial score (nSPS) is 9.58. The lowest BCUT2D eigenvalue weighted by Crippen LogP contribution is -2.08. The molecule has 0 saturated carbocycles. The maximum Gasteiger partial charge on any atom is 0.129 e. The Kier molecular flexibility index (Phi) is 2.71. The molecule has 1 rings (SSSR count). The minimum atomic E-state index is 0.865. The van der Waals surface area contributed by atoms with E-state index in [4.69, 9.17) is 4.74 Å². The van der Waals surface area contributed by atoms with Crippen LogP contribution in [0.25, 0.3) is 0 Å². The monoisotopic (exact) mass is 175 g/mol. The van der Waals surface area contributed by atoms with Crippen molar-refractivity contribution >= 4 is 15.4 Å². The van der Waals surface area contributed by atoms with Gasteiger partial charge in [-0.2, -0.15) is 0 Å². The minimum Gasteiger partial charge on any atom is -0.465 e. The average Bonchev–Trinajstić information content (AvgIpc) is 2.07. The van der Waals surface area contributed by atoms with E-state index in [9.17, 15) is 0 Å². The van der Waals surface area contributed by atoms with Crippen molar-refractivity contribution in [3.05, 3.63) is 36.1 Å². The van der Waals surface area contributed by atoms with Crippen LogP contribution in [-0.2, 0) is 0 Å². The summed E-state index contributed by atoms with van der Waals surface area (Å²) in [5, 5.41) is 1.10. The third-order valence-corrected chi connectivity index (χ3v) is 2.49. The van der Waals surface area contributed by atoms with Crippen molar-refractivity contribution in [2.24, 2.45) is 0 Å². The molecule has 0 N–H and O–H groups in total. The number of hydrogen-bond donors (Lipinski definition) is 0. The predicted molar refractivity (Wildman–Crippen MR) is 52.1 cm³/mol. The quantitative estimate of drug-likeness (QED) is 0.490. The summed E-state index contributed by atoms with van der Waals surface area (Å²) in [5.41, 5.74) is 2.34. The lowest BCUT2D eigenvalue weighted by molar-refractivity contribution is 0.479. The second-order valence-corrected chi connectivity index (χ2v) is 3.18. The van der Waals surface area contributed by atoms with Gasteiger partial charge in [-0.15, -0.1) is 0 Å². The Morgan fingerprint density at radius 2 is 2.00 bits per heavy atom. The van der Waals surface area contributed by atoms with E-state index in [1.807, 2.05) is 26.0 Å². The van der Waals surface area contributed by atoms with Gasteiger partial charge in [-0.1, -0.05) is 17.8 Å². The molecule has 1 aromatic carbocycles. The first kappa shape index (κ1) is 9.07. The van der Waals surface area contributed by atoms with Gasteiger partial charge in [0.05, 0.1) is 16.5 Å². The summed E-state index contributed by atoms with van der Waals surface area (Å²) in [4.78, 5) is 0. The Hall–Kier alpha value is -1.02. The number of rotatable bonds is 2. The van der Waals surface area contributed by atoms with E-state index in [1.165, 1.54) is 11.8 Å². The molecule has 61 valence electrons. The van der Waals surface area contributed by atoms with Gasteiger partial charge >= 0.3 is 0 Å². The summed E-state index contributed by atoms with van der Waals surface area (Å²) in [6, 6.07) is 3.89. The van der Waals surface area contributed by atoms with Gasteiger partial charge < -0.3 is 4.74 Å².